The number of aryl methyl sites for hydroxylation is 2. The highest BCUT2D eigenvalue weighted by molar-refractivity contribution is 7.89. The number of sulfonamides is 1. The Morgan fingerprint density at radius 1 is 1.05 bits per heavy atom. The molecule has 0 N–H and O–H groups in total. The summed E-state index contributed by atoms with van der Waals surface area (Å²) < 4.78 is 41.3. The highest BCUT2D eigenvalue weighted by Gasteiger charge is 2.28. The van der Waals surface area contributed by atoms with Crippen molar-refractivity contribution in [3.05, 3.63) is 82.9 Å². The van der Waals surface area contributed by atoms with Gasteiger partial charge in [0.2, 0.25) is 10.0 Å². The van der Waals surface area contributed by atoms with Crippen LogP contribution in [0, 0.1) is 6.92 Å². The zero-order valence-corrected chi connectivity index (χ0v) is 24.6. The number of carbonyl (C=O) groups excluding carboxylic acids is 1. The first-order valence-corrected chi connectivity index (χ1v) is 14.7. The number of methoxy groups -OCH3 is 1. The molecule has 40 heavy (non-hydrogen) atoms. The maximum absolute atomic E-state index is 13.6. The number of fused-ring (bicyclic) bond motifs is 1. The molecule has 0 aliphatic carbocycles. The van der Waals surface area contributed by atoms with Gasteiger partial charge in [-0.25, -0.2) is 13.1 Å². The van der Waals surface area contributed by atoms with E-state index in [-0.39, 0.29) is 42.4 Å². The second-order valence-electron chi connectivity index (χ2n) is 10.0. The molecule has 9 nitrogen and oxygen atoms in total. The van der Waals surface area contributed by atoms with E-state index in [1.165, 1.54) is 4.31 Å². The van der Waals surface area contributed by atoms with Crippen LogP contribution in [0.15, 0.2) is 65.6 Å². The molecule has 212 valence electrons. The topological polar surface area (TPSA) is 104 Å². The van der Waals surface area contributed by atoms with Gasteiger partial charge in [-0.3, -0.25) is 4.79 Å². The molecule has 0 bridgehead atoms. The van der Waals surface area contributed by atoms with Gasteiger partial charge in [0, 0.05) is 25.6 Å². The Morgan fingerprint density at radius 3 is 2.42 bits per heavy atom. The van der Waals surface area contributed by atoms with E-state index in [0.29, 0.717) is 11.3 Å². The second-order valence-corrected chi connectivity index (χ2v) is 11.9. The van der Waals surface area contributed by atoms with Crippen LogP contribution in [0.1, 0.15) is 55.4 Å². The Balaban J connectivity index is 1.79. The fraction of sp³-hybridized carbons (Fsp3) is 0.367. The number of esters is 1. The van der Waals surface area contributed by atoms with Gasteiger partial charge in [0.15, 0.2) is 0 Å². The molecule has 0 aliphatic rings. The number of nitrogens with zero attached hydrogens (tertiary/aromatic N) is 4. The van der Waals surface area contributed by atoms with Crippen LogP contribution in [0.3, 0.4) is 0 Å². The summed E-state index contributed by atoms with van der Waals surface area (Å²) >= 11 is 0. The largest absolute Gasteiger partial charge is 0.494 e. The minimum atomic E-state index is -3.73. The number of rotatable bonds is 11. The molecule has 1 atom stereocenters. The van der Waals surface area contributed by atoms with Crippen molar-refractivity contribution >= 4 is 27.0 Å². The van der Waals surface area contributed by atoms with Gasteiger partial charge < -0.3 is 9.47 Å². The molecule has 0 aliphatic heterocycles. The van der Waals surface area contributed by atoms with Crippen LogP contribution in [-0.4, -0.2) is 53.4 Å². The lowest BCUT2D eigenvalue weighted by Gasteiger charge is -2.27. The van der Waals surface area contributed by atoms with Crippen LogP contribution in [0.25, 0.3) is 11.0 Å². The molecular weight excluding hydrogens is 528 g/mol. The number of carbonyl (C=O) groups is 1. The lowest BCUT2D eigenvalue weighted by atomic mass is 9.86. The Morgan fingerprint density at radius 2 is 1.77 bits per heavy atom. The summed E-state index contributed by atoms with van der Waals surface area (Å²) in [6.45, 7) is 7.93. The van der Waals surface area contributed by atoms with Gasteiger partial charge in [0.1, 0.15) is 16.8 Å². The van der Waals surface area contributed by atoms with Gasteiger partial charge in [-0.2, -0.15) is 4.31 Å². The SMILES string of the molecule is CCOC(=O)CC(c1ccc(C)c(CN(C(C)C)S(=O)(=O)c2ccccc2)c1)c1cc(OC)c2c(c1)nnn2C. The van der Waals surface area contributed by atoms with Crippen LogP contribution >= 0.6 is 0 Å². The Hall–Kier alpha value is -3.76. The summed E-state index contributed by atoms with van der Waals surface area (Å²) in [5.41, 5.74) is 4.90. The lowest BCUT2D eigenvalue weighted by Crippen LogP contribution is -2.36. The zero-order chi connectivity index (χ0) is 29.0. The molecule has 0 radical (unpaired) electrons. The fourth-order valence-electron chi connectivity index (χ4n) is 4.87. The molecule has 1 unspecified atom stereocenters. The van der Waals surface area contributed by atoms with Gasteiger partial charge in [0.25, 0.3) is 0 Å². The third-order valence-corrected chi connectivity index (χ3v) is 9.05. The monoisotopic (exact) mass is 564 g/mol. The Kier molecular flexibility index (Phi) is 8.90. The molecule has 0 amide bonds. The van der Waals surface area contributed by atoms with E-state index < -0.39 is 10.0 Å². The van der Waals surface area contributed by atoms with Gasteiger partial charge in [-0.1, -0.05) is 41.6 Å². The fourth-order valence-corrected chi connectivity index (χ4v) is 6.50. The minimum Gasteiger partial charge on any atom is -0.494 e. The van der Waals surface area contributed by atoms with E-state index in [0.717, 1.165) is 27.8 Å². The van der Waals surface area contributed by atoms with Crippen LogP contribution in [-0.2, 0) is 33.1 Å². The highest BCUT2D eigenvalue weighted by Crippen LogP contribution is 2.36. The molecule has 0 spiro atoms. The van der Waals surface area contributed by atoms with Crippen LogP contribution < -0.4 is 4.74 Å². The van der Waals surface area contributed by atoms with E-state index in [4.69, 9.17) is 9.47 Å². The predicted octanol–water partition coefficient (Wildman–Crippen LogP) is 4.97. The van der Waals surface area contributed by atoms with Gasteiger partial charge in [0.05, 0.1) is 25.0 Å². The van der Waals surface area contributed by atoms with E-state index in [2.05, 4.69) is 10.3 Å². The number of benzene rings is 3. The molecule has 1 aromatic heterocycles. The molecule has 0 saturated heterocycles. The third kappa shape index (κ3) is 6.03. The quantitative estimate of drug-likeness (QED) is 0.237. The van der Waals surface area contributed by atoms with Gasteiger partial charge in [-0.15, -0.1) is 5.10 Å². The van der Waals surface area contributed by atoms with Crippen molar-refractivity contribution in [3.63, 3.8) is 0 Å². The number of hydrogen-bond acceptors (Lipinski definition) is 7. The summed E-state index contributed by atoms with van der Waals surface area (Å²) in [7, 11) is -0.350. The van der Waals surface area contributed by atoms with E-state index in [1.807, 2.05) is 51.1 Å². The van der Waals surface area contributed by atoms with Crippen LogP contribution in [0.5, 0.6) is 5.75 Å². The Bertz CT molecular complexity index is 1600. The predicted molar refractivity (Wildman–Crippen MR) is 154 cm³/mol. The second kappa shape index (κ2) is 12.2. The van der Waals surface area contributed by atoms with E-state index in [1.54, 1.807) is 56.1 Å². The summed E-state index contributed by atoms with van der Waals surface area (Å²) in [6.07, 6.45) is 0.0987. The molecule has 0 saturated carbocycles. The van der Waals surface area contributed by atoms with Crippen molar-refractivity contribution in [3.8, 4) is 5.75 Å². The van der Waals surface area contributed by atoms with E-state index in [9.17, 15) is 13.2 Å². The molecule has 4 aromatic rings. The summed E-state index contributed by atoms with van der Waals surface area (Å²) in [5.74, 6) is -0.110. The summed E-state index contributed by atoms with van der Waals surface area (Å²) in [6, 6.07) is 17.9. The average molecular weight is 565 g/mol. The van der Waals surface area contributed by atoms with Crippen molar-refractivity contribution in [2.45, 2.75) is 57.5 Å². The molecule has 10 heteroatoms. The number of hydrogen-bond donors (Lipinski definition) is 0. The average Bonchev–Trinajstić information content (AvgIpc) is 3.31. The number of ether oxygens (including phenoxy) is 2. The van der Waals surface area contributed by atoms with Crippen molar-refractivity contribution in [1.82, 2.24) is 19.3 Å². The first kappa shape index (κ1) is 29.2. The summed E-state index contributed by atoms with van der Waals surface area (Å²) in [5, 5.41) is 8.39. The van der Waals surface area contributed by atoms with Crippen molar-refractivity contribution in [2.24, 2.45) is 7.05 Å². The smallest absolute Gasteiger partial charge is 0.306 e. The lowest BCUT2D eigenvalue weighted by molar-refractivity contribution is -0.143. The molecule has 1 heterocycles. The number of aromatic nitrogens is 3. The Labute approximate surface area is 235 Å². The highest BCUT2D eigenvalue weighted by atomic mass is 32.2. The minimum absolute atomic E-state index is 0.0987. The zero-order valence-electron chi connectivity index (χ0n) is 23.8. The van der Waals surface area contributed by atoms with Gasteiger partial charge >= 0.3 is 5.97 Å². The maximum Gasteiger partial charge on any atom is 0.306 e. The molecule has 4 rings (SSSR count). The third-order valence-electron chi connectivity index (χ3n) is 7.01. The molecule has 0 fully saturated rings. The van der Waals surface area contributed by atoms with Crippen molar-refractivity contribution in [2.75, 3.05) is 13.7 Å². The van der Waals surface area contributed by atoms with Crippen LogP contribution in [0.2, 0.25) is 0 Å². The first-order chi connectivity index (χ1) is 19.1. The molecule has 3 aromatic carbocycles. The van der Waals surface area contributed by atoms with E-state index >= 15 is 0 Å². The maximum atomic E-state index is 13.6. The standard InChI is InChI=1S/C30H36N4O5S/c1-7-39-29(35)18-26(23-16-27-30(28(17-23)38-6)33(5)32-31-27)22-14-13-21(4)24(15-22)19-34(20(2)3)40(36,37)25-11-9-8-10-12-25/h8-17,20,26H,7,18-19H2,1-6H3. The normalized spacial score (nSPS) is 12.7. The van der Waals surface area contributed by atoms with Gasteiger partial charge in [-0.05, 0) is 74.2 Å². The molecular formula is C30H36N4O5S. The van der Waals surface area contributed by atoms with Crippen molar-refractivity contribution in [1.29, 1.82) is 0 Å². The van der Waals surface area contributed by atoms with Crippen molar-refractivity contribution < 1.29 is 22.7 Å². The van der Waals surface area contributed by atoms with Crippen LogP contribution in [0.4, 0.5) is 0 Å². The summed E-state index contributed by atoms with van der Waals surface area (Å²) in [4.78, 5) is 13.0. The first-order valence-electron chi connectivity index (χ1n) is 13.3.